The van der Waals surface area contributed by atoms with Crippen molar-refractivity contribution in [1.29, 1.82) is 0 Å². The molecule has 0 saturated carbocycles. The Morgan fingerprint density at radius 3 is 2.83 bits per heavy atom. The molecule has 2 aromatic rings. The minimum Gasteiger partial charge on any atom is -0.459 e. The van der Waals surface area contributed by atoms with Crippen LogP contribution in [0, 0.1) is 0 Å². The van der Waals surface area contributed by atoms with Crippen molar-refractivity contribution < 1.29 is 9.15 Å². The molecule has 1 heterocycles. The number of hydrogen-bond acceptors (Lipinski definition) is 4. The molecular formula is C18H28N4O2. The maximum atomic E-state index is 5.80. The van der Waals surface area contributed by atoms with Crippen LogP contribution in [0.25, 0.3) is 11.0 Å². The van der Waals surface area contributed by atoms with Gasteiger partial charge in [-0.15, -0.1) is 0 Å². The van der Waals surface area contributed by atoms with Crippen LogP contribution in [0.5, 0.6) is 0 Å². The van der Waals surface area contributed by atoms with Crippen molar-refractivity contribution >= 4 is 16.9 Å². The Bertz CT molecular complexity index is 606. The predicted octanol–water partition coefficient (Wildman–Crippen LogP) is 2.07. The van der Waals surface area contributed by atoms with Crippen molar-refractivity contribution in [3.05, 3.63) is 36.1 Å². The summed E-state index contributed by atoms with van der Waals surface area (Å²) >= 11 is 0. The number of guanidine groups is 1. The number of ether oxygens (including phenoxy) is 1. The number of aliphatic imine (C=N–C) groups is 1. The summed E-state index contributed by atoms with van der Waals surface area (Å²) in [6.45, 7) is 4.23. The molecule has 6 heteroatoms. The lowest BCUT2D eigenvalue weighted by molar-refractivity contribution is 0.180. The summed E-state index contributed by atoms with van der Waals surface area (Å²) in [5.41, 5.74) is 0.912. The number of nitrogens with zero attached hydrogens (tertiary/aromatic N) is 2. The third-order valence-electron chi connectivity index (χ3n) is 3.80. The molecular weight excluding hydrogens is 304 g/mol. The molecule has 0 spiro atoms. The molecule has 132 valence electrons. The maximum Gasteiger partial charge on any atom is 0.191 e. The molecule has 2 N–H and O–H groups in total. The van der Waals surface area contributed by atoms with Crippen LogP contribution in [-0.4, -0.2) is 58.3 Å². The molecule has 0 amide bonds. The summed E-state index contributed by atoms with van der Waals surface area (Å²) in [4.78, 5) is 6.52. The van der Waals surface area contributed by atoms with E-state index in [0.717, 1.165) is 55.4 Å². The fraction of sp³-hybridized carbons (Fsp3) is 0.500. The molecule has 0 aliphatic heterocycles. The highest BCUT2D eigenvalue weighted by molar-refractivity contribution is 5.80. The van der Waals surface area contributed by atoms with Gasteiger partial charge in [-0.3, -0.25) is 4.99 Å². The summed E-state index contributed by atoms with van der Waals surface area (Å²) in [7, 11) is 5.62. The van der Waals surface area contributed by atoms with Gasteiger partial charge in [0, 0.05) is 45.8 Å². The number of rotatable bonds is 9. The van der Waals surface area contributed by atoms with E-state index in [0.29, 0.717) is 6.54 Å². The molecule has 0 radical (unpaired) electrons. The highest BCUT2D eigenvalue weighted by Gasteiger charge is 2.05. The van der Waals surface area contributed by atoms with Gasteiger partial charge in [0.25, 0.3) is 0 Å². The molecule has 1 aromatic heterocycles. The third-order valence-corrected chi connectivity index (χ3v) is 3.80. The van der Waals surface area contributed by atoms with Crippen LogP contribution >= 0.6 is 0 Å². The number of nitrogens with one attached hydrogen (secondary N) is 2. The van der Waals surface area contributed by atoms with E-state index in [2.05, 4.69) is 39.7 Å². The van der Waals surface area contributed by atoms with Crippen molar-refractivity contribution in [2.75, 3.05) is 47.4 Å². The monoisotopic (exact) mass is 332 g/mol. The summed E-state index contributed by atoms with van der Waals surface area (Å²) in [6, 6.07) is 10.1. The van der Waals surface area contributed by atoms with Crippen LogP contribution in [0.3, 0.4) is 0 Å². The zero-order valence-electron chi connectivity index (χ0n) is 14.8. The first-order valence-corrected chi connectivity index (χ1v) is 8.32. The van der Waals surface area contributed by atoms with E-state index in [1.165, 1.54) is 0 Å². The van der Waals surface area contributed by atoms with Gasteiger partial charge in [-0.2, -0.15) is 0 Å². The maximum absolute atomic E-state index is 5.80. The largest absolute Gasteiger partial charge is 0.459 e. The van der Waals surface area contributed by atoms with Crippen LogP contribution in [0.2, 0.25) is 0 Å². The first-order chi connectivity index (χ1) is 11.7. The summed E-state index contributed by atoms with van der Waals surface area (Å²) in [5.74, 6) is 1.68. The molecule has 0 fully saturated rings. The minimum atomic E-state index is 0.609. The van der Waals surface area contributed by atoms with Crippen LogP contribution in [-0.2, 0) is 11.3 Å². The van der Waals surface area contributed by atoms with E-state index in [1.807, 2.05) is 18.2 Å². The van der Waals surface area contributed by atoms with Gasteiger partial charge in [0.2, 0.25) is 0 Å². The second kappa shape index (κ2) is 9.95. The Labute approximate surface area is 143 Å². The Morgan fingerprint density at radius 2 is 2.08 bits per heavy atom. The summed E-state index contributed by atoms with van der Waals surface area (Å²) in [5, 5.41) is 7.72. The van der Waals surface area contributed by atoms with E-state index in [-0.39, 0.29) is 0 Å². The third kappa shape index (κ3) is 5.86. The van der Waals surface area contributed by atoms with Crippen molar-refractivity contribution in [3.63, 3.8) is 0 Å². The average molecular weight is 332 g/mol. The molecule has 0 aliphatic rings. The van der Waals surface area contributed by atoms with Gasteiger partial charge < -0.3 is 24.7 Å². The highest BCUT2D eigenvalue weighted by Crippen LogP contribution is 2.18. The Kier molecular flexibility index (Phi) is 7.58. The molecule has 0 atom stereocenters. The Balaban J connectivity index is 1.70. The van der Waals surface area contributed by atoms with E-state index in [1.54, 1.807) is 14.2 Å². The van der Waals surface area contributed by atoms with Crippen LogP contribution in [0.1, 0.15) is 12.2 Å². The van der Waals surface area contributed by atoms with Crippen molar-refractivity contribution in [2.24, 2.45) is 4.99 Å². The molecule has 1 aromatic carbocycles. The van der Waals surface area contributed by atoms with Gasteiger partial charge in [-0.25, -0.2) is 0 Å². The van der Waals surface area contributed by atoms with Gasteiger partial charge in [0.1, 0.15) is 11.3 Å². The second-order valence-electron chi connectivity index (χ2n) is 5.75. The molecule has 6 nitrogen and oxygen atoms in total. The van der Waals surface area contributed by atoms with Crippen LogP contribution in [0.4, 0.5) is 0 Å². The topological polar surface area (TPSA) is 62.0 Å². The quantitative estimate of drug-likeness (QED) is 0.418. The first kappa shape index (κ1) is 18.3. The molecule has 0 saturated heterocycles. The lowest BCUT2D eigenvalue weighted by Crippen LogP contribution is -2.40. The van der Waals surface area contributed by atoms with Crippen LogP contribution < -0.4 is 10.6 Å². The second-order valence-corrected chi connectivity index (χ2v) is 5.75. The fourth-order valence-electron chi connectivity index (χ4n) is 2.47. The highest BCUT2D eigenvalue weighted by atomic mass is 16.5. The van der Waals surface area contributed by atoms with E-state index in [4.69, 9.17) is 9.15 Å². The fourth-order valence-corrected chi connectivity index (χ4v) is 2.47. The van der Waals surface area contributed by atoms with Gasteiger partial charge in [0.15, 0.2) is 5.96 Å². The summed E-state index contributed by atoms with van der Waals surface area (Å²) < 4.78 is 10.9. The predicted molar refractivity (Wildman–Crippen MR) is 98.4 cm³/mol. The molecule has 0 unspecified atom stereocenters. The average Bonchev–Trinajstić information content (AvgIpc) is 3.01. The normalized spacial score (nSPS) is 12.1. The lowest BCUT2D eigenvalue weighted by Gasteiger charge is -2.17. The van der Waals surface area contributed by atoms with Gasteiger partial charge in [-0.1, -0.05) is 18.2 Å². The minimum absolute atomic E-state index is 0.609. The molecule has 2 rings (SSSR count). The van der Waals surface area contributed by atoms with E-state index in [9.17, 15) is 0 Å². The zero-order valence-corrected chi connectivity index (χ0v) is 14.8. The van der Waals surface area contributed by atoms with Gasteiger partial charge in [-0.05, 0) is 25.6 Å². The van der Waals surface area contributed by atoms with Crippen molar-refractivity contribution in [3.8, 4) is 0 Å². The number of methoxy groups -OCH3 is 1. The molecule has 0 bridgehead atoms. The van der Waals surface area contributed by atoms with Gasteiger partial charge in [0.05, 0.1) is 6.54 Å². The Morgan fingerprint density at radius 1 is 1.25 bits per heavy atom. The van der Waals surface area contributed by atoms with E-state index >= 15 is 0 Å². The van der Waals surface area contributed by atoms with Crippen molar-refractivity contribution in [1.82, 2.24) is 15.5 Å². The van der Waals surface area contributed by atoms with Crippen molar-refractivity contribution in [2.45, 2.75) is 13.0 Å². The van der Waals surface area contributed by atoms with E-state index < -0.39 is 0 Å². The molecule has 0 aliphatic carbocycles. The first-order valence-electron chi connectivity index (χ1n) is 8.32. The lowest BCUT2D eigenvalue weighted by atomic mass is 10.2. The van der Waals surface area contributed by atoms with Gasteiger partial charge >= 0.3 is 0 Å². The number of fused-ring (bicyclic) bond motifs is 1. The number of furan rings is 1. The van der Waals surface area contributed by atoms with Crippen LogP contribution in [0.15, 0.2) is 39.7 Å². The smallest absolute Gasteiger partial charge is 0.191 e. The summed E-state index contributed by atoms with van der Waals surface area (Å²) in [6.07, 6.45) is 1.05. The number of para-hydroxylation sites is 1. The Hall–Kier alpha value is -2.05. The number of benzene rings is 1. The zero-order chi connectivity index (χ0) is 17.2. The molecule has 24 heavy (non-hydrogen) atoms. The number of likely N-dealkylation sites (N-methyl/N-ethyl adjacent to an activating group) is 1. The standard InChI is InChI=1S/C18H28N4O2/c1-19-18(20-9-11-22(2)10-6-12-23-3)21-14-16-13-15-7-4-5-8-17(15)24-16/h4-5,7-8,13H,6,9-12,14H2,1-3H3,(H2,19,20,21). The number of hydrogen-bond donors (Lipinski definition) is 2. The SMILES string of the molecule is CN=C(NCCN(C)CCCOC)NCc1cc2ccccc2o1.